The summed E-state index contributed by atoms with van der Waals surface area (Å²) in [7, 11) is 1.57. The summed E-state index contributed by atoms with van der Waals surface area (Å²) in [5, 5.41) is 7.28. The number of anilines is 1. The van der Waals surface area contributed by atoms with E-state index in [0.29, 0.717) is 41.5 Å². The van der Waals surface area contributed by atoms with Crippen LogP contribution < -0.4 is 15.8 Å². The van der Waals surface area contributed by atoms with Crippen molar-refractivity contribution < 1.29 is 18.7 Å². The molecule has 8 nitrogen and oxygen atoms in total. The zero-order valence-electron chi connectivity index (χ0n) is 16.3. The van der Waals surface area contributed by atoms with E-state index in [1.807, 2.05) is 0 Å². The molecule has 3 aromatic rings. The summed E-state index contributed by atoms with van der Waals surface area (Å²) in [5.41, 5.74) is 7.73. The molecule has 0 radical (unpaired) electrons. The van der Waals surface area contributed by atoms with Gasteiger partial charge in [-0.25, -0.2) is 9.18 Å². The van der Waals surface area contributed by atoms with Gasteiger partial charge in [-0.2, -0.15) is 5.10 Å². The quantitative estimate of drug-likeness (QED) is 0.692. The zero-order chi connectivity index (χ0) is 21.3. The van der Waals surface area contributed by atoms with Crippen LogP contribution in [0.5, 0.6) is 5.75 Å². The van der Waals surface area contributed by atoms with Gasteiger partial charge in [0.05, 0.1) is 31.5 Å². The van der Waals surface area contributed by atoms with Crippen molar-refractivity contribution in [3.8, 4) is 17.0 Å². The van der Waals surface area contributed by atoms with Gasteiger partial charge in [-0.05, 0) is 36.4 Å². The van der Waals surface area contributed by atoms with E-state index in [1.54, 1.807) is 53.1 Å². The lowest BCUT2D eigenvalue weighted by atomic mass is 10.0. The Labute approximate surface area is 172 Å². The summed E-state index contributed by atoms with van der Waals surface area (Å²) in [5.74, 6) is -0.423. The molecule has 154 valence electrons. The average molecular weight is 409 g/mol. The van der Waals surface area contributed by atoms with Crippen LogP contribution in [-0.2, 0) is 13.1 Å². The molecule has 4 rings (SSSR count). The van der Waals surface area contributed by atoms with Crippen LogP contribution in [0.2, 0.25) is 0 Å². The summed E-state index contributed by atoms with van der Waals surface area (Å²) in [6, 6.07) is 12.5. The fraction of sp³-hybridized carbons (Fsp3) is 0.190. The molecule has 0 unspecified atom stereocenters. The van der Waals surface area contributed by atoms with Crippen LogP contribution in [-0.4, -0.2) is 40.3 Å². The second-order valence-corrected chi connectivity index (χ2v) is 6.85. The fourth-order valence-electron chi connectivity index (χ4n) is 3.46. The number of carbonyl (C=O) groups is 2. The first-order chi connectivity index (χ1) is 14.5. The van der Waals surface area contributed by atoms with Crippen molar-refractivity contribution in [3.63, 3.8) is 0 Å². The van der Waals surface area contributed by atoms with Crippen molar-refractivity contribution in [3.05, 3.63) is 65.6 Å². The monoisotopic (exact) mass is 409 g/mol. The van der Waals surface area contributed by atoms with Crippen molar-refractivity contribution in [2.75, 3.05) is 19.0 Å². The highest BCUT2D eigenvalue weighted by Crippen LogP contribution is 2.29. The first-order valence-electron chi connectivity index (χ1n) is 9.31. The molecular weight excluding hydrogens is 389 g/mol. The van der Waals surface area contributed by atoms with Crippen molar-refractivity contribution in [1.29, 1.82) is 0 Å². The smallest absolute Gasteiger partial charge is 0.322 e. The SMILES string of the molecule is COc1ccc(NC(=O)N2CCn3nc(-c4cccc(F)c4)c(C(N)=O)c3C2)cc1. The number of halogens is 1. The van der Waals surface area contributed by atoms with Crippen LogP contribution in [0.25, 0.3) is 11.3 Å². The van der Waals surface area contributed by atoms with Gasteiger partial charge >= 0.3 is 6.03 Å². The molecular formula is C21H20FN5O3. The second-order valence-electron chi connectivity index (χ2n) is 6.85. The molecule has 1 aromatic heterocycles. The van der Waals surface area contributed by atoms with E-state index in [1.165, 1.54) is 12.1 Å². The molecule has 1 aliphatic heterocycles. The topological polar surface area (TPSA) is 102 Å². The predicted molar refractivity (Wildman–Crippen MR) is 109 cm³/mol. The number of nitrogens with two attached hydrogens (primary N) is 1. The molecule has 0 spiro atoms. The third kappa shape index (κ3) is 3.69. The first-order valence-corrected chi connectivity index (χ1v) is 9.31. The highest BCUT2D eigenvalue weighted by Gasteiger charge is 2.29. The minimum atomic E-state index is -0.673. The molecule has 30 heavy (non-hydrogen) atoms. The third-order valence-electron chi connectivity index (χ3n) is 4.95. The standard InChI is InChI=1S/C21H20FN5O3/c1-30-16-7-5-15(6-8-16)24-21(29)26-9-10-27-17(12-26)18(20(23)28)19(25-27)13-3-2-4-14(22)11-13/h2-8,11H,9-10,12H2,1H3,(H2,23,28)(H,24,29). The summed E-state index contributed by atoms with van der Waals surface area (Å²) in [6.45, 7) is 0.945. The average Bonchev–Trinajstić information content (AvgIpc) is 3.13. The second kappa shape index (κ2) is 7.86. The molecule has 2 aromatic carbocycles. The van der Waals surface area contributed by atoms with Gasteiger partial charge in [-0.1, -0.05) is 12.1 Å². The predicted octanol–water partition coefficient (Wildman–Crippen LogP) is 2.84. The minimum Gasteiger partial charge on any atom is -0.497 e. The Morgan fingerprint density at radius 3 is 2.60 bits per heavy atom. The Morgan fingerprint density at radius 2 is 1.93 bits per heavy atom. The molecule has 0 saturated carbocycles. The largest absolute Gasteiger partial charge is 0.497 e. The molecule has 0 bridgehead atoms. The number of fused-ring (bicyclic) bond motifs is 1. The highest BCUT2D eigenvalue weighted by atomic mass is 19.1. The number of amides is 3. The number of hydrogen-bond donors (Lipinski definition) is 2. The van der Waals surface area contributed by atoms with E-state index >= 15 is 0 Å². The number of hydrogen-bond acceptors (Lipinski definition) is 4. The lowest BCUT2D eigenvalue weighted by Crippen LogP contribution is -2.41. The Hall–Kier alpha value is -3.88. The Morgan fingerprint density at radius 1 is 1.17 bits per heavy atom. The van der Waals surface area contributed by atoms with Crippen LogP contribution >= 0.6 is 0 Å². The number of aromatic nitrogens is 2. The molecule has 9 heteroatoms. The normalized spacial score (nSPS) is 12.9. The van der Waals surface area contributed by atoms with Crippen molar-refractivity contribution in [2.45, 2.75) is 13.1 Å². The third-order valence-corrected chi connectivity index (χ3v) is 4.95. The van der Waals surface area contributed by atoms with Crippen molar-refractivity contribution in [2.24, 2.45) is 5.73 Å². The summed E-state index contributed by atoms with van der Waals surface area (Å²) in [6.07, 6.45) is 0. The van der Waals surface area contributed by atoms with Crippen molar-refractivity contribution in [1.82, 2.24) is 14.7 Å². The molecule has 2 heterocycles. The van der Waals surface area contributed by atoms with Crippen LogP contribution in [0.15, 0.2) is 48.5 Å². The van der Waals surface area contributed by atoms with Crippen LogP contribution in [0.4, 0.5) is 14.9 Å². The number of nitrogens with zero attached hydrogens (tertiary/aromatic N) is 3. The Balaban J connectivity index is 1.59. The van der Waals surface area contributed by atoms with Gasteiger partial charge in [-0.3, -0.25) is 9.48 Å². The highest BCUT2D eigenvalue weighted by molar-refractivity contribution is 6.00. The Bertz CT molecular complexity index is 1110. The van der Waals surface area contributed by atoms with Gasteiger partial charge < -0.3 is 20.7 Å². The molecule has 0 aliphatic carbocycles. The number of rotatable bonds is 4. The number of ether oxygens (including phenoxy) is 1. The number of primary amides is 1. The number of benzene rings is 2. The van der Waals surface area contributed by atoms with E-state index in [0.717, 1.165) is 0 Å². The maximum Gasteiger partial charge on any atom is 0.322 e. The van der Waals surface area contributed by atoms with Crippen LogP contribution in [0.3, 0.4) is 0 Å². The molecule has 1 aliphatic rings. The first kappa shape index (κ1) is 19.4. The summed E-state index contributed by atoms with van der Waals surface area (Å²) < 4.78 is 20.4. The minimum absolute atomic E-state index is 0.155. The maximum atomic E-state index is 13.7. The maximum absolute atomic E-state index is 13.7. The van der Waals surface area contributed by atoms with E-state index in [2.05, 4.69) is 10.4 Å². The lowest BCUT2D eigenvalue weighted by molar-refractivity contribution is 0.0997. The van der Waals surface area contributed by atoms with Gasteiger partial charge in [0.25, 0.3) is 5.91 Å². The molecule has 3 amide bonds. The van der Waals surface area contributed by atoms with E-state index in [9.17, 15) is 14.0 Å². The van der Waals surface area contributed by atoms with Gasteiger partial charge in [0, 0.05) is 17.8 Å². The van der Waals surface area contributed by atoms with E-state index in [-0.39, 0.29) is 18.1 Å². The zero-order valence-corrected chi connectivity index (χ0v) is 16.3. The number of methoxy groups -OCH3 is 1. The molecule has 0 atom stereocenters. The molecule has 0 saturated heterocycles. The number of carbonyl (C=O) groups excluding carboxylic acids is 2. The van der Waals surface area contributed by atoms with E-state index in [4.69, 9.17) is 10.5 Å². The van der Waals surface area contributed by atoms with Crippen LogP contribution in [0.1, 0.15) is 16.1 Å². The van der Waals surface area contributed by atoms with Gasteiger partial charge in [0.1, 0.15) is 17.3 Å². The van der Waals surface area contributed by atoms with Gasteiger partial charge in [0.2, 0.25) is 0 Å². The van der Waals surface area contributed by atoms with E-state index < -0.39 is 11.7 Å². The number of urea groups is 1. The summed E-state index contributed by atoms with van der Waals surface area (Å²) >= 11 is 0. The van der Waals surface area contributed by atoms with Crippen LogP contribution in [0, 0.1) is 5.82 Å². The molecule has 0 fully saturated rings. The van der Waals surface area contributed by atoms with Crippen molar-refractivity contribution >= 4 is 17.6 Å². The van der Waals surface area contributed by atoms with Gasteiger partial charge in [0.15, 0.2) is 0 Å². The molecule has 3 N–H and O–H groups in total. The summed E-state index contributed by atoms with van der Waals surface area (Å²) in [4.78, 5) is 26.5. The lowest BCUT2D eigenvalue weighted by Gasteiger charge is -2.28. The Kier molecular flexibility index (Phi) is 5.09. The fourth-order valence-corrected chi connectivity index (χ4v) is 3.46. The number of nitrogens with one attached hydrogen (secondary N) is 1. The van der Waals surface area contributed by atoms with Gasteiger partial charge in [-0.15, -0.1) is 0 Å².